The number of rotatable bonds is 15. The maximum Gasteiger partial charge on any atom is 0.469 e. The molecule has 0 heterocycles. The van der Waals surface area contributed by atoms with Crippen LogP contribution in [0.15, 0.2) is 0 Å². The van der Waals surface area contributed by atoms with E-state index in [1.54, 1.807) is 0 Å². The van der Waals surface area contributed by atoms with E-state index in [0.717, 1.165) is 38.5 Å². The first kappa shape index (κ1) is 25.5. The molecule has 0 saturated heterocycles. The van der Waals surface area contributed by atoms with Crippen LogP contribution in [0.3, 0.4) is 0 Å². The average molecular weight is 399 g/mol. The van der Waals surface area contributed by atoms with Crippen LogP contribution in [0.25, 0.3) is 0 Å². The molecule has 2 atom stereocenters. The largest absolute Gasteiger partial charge is 0.469 e. The molecule has 0 fully saturated rings. The van der Waals surface area contributed by atoms with E-state index in [1.165, 1.54) is 0 Å². The lowest BCUT2D eigenvalue weighted by atomic mass is 9.85. The number of aliphatic hydroxyl groups is 2. The average Bonchev–Trinajstić information content (AvgIpc) is 2.57. The van der Waals surface area contributed by atoms with E-state index < -0.39 is 44.8 Å². The van der Waals surface area contributed by atoms with E-state index in [0.29, 0.717) is 12.8 Å². The second kappa shape index (κ2) is 12.8. The predicted molar refractivity (Wildman–Crippen MR) is 96.2 cm³/mol. The Balaban J connectivity index is 4.93. The molecule has 0 aromatic rings. The Labute approximate surface area is 155 Å². The van der Waals surface area contributed by atoms with Crippen molar-refractivity contribution in [2.24, 2.45) is 5.73 Å². The van der Waals surface area contributed by atoms with Crippen molar-refractivity contribution in [2.75, 3.05) is 13.2 Å². The minimum absolute atomic E-state index is 0.372. The first-order valence-electron chi connectivity index (χ1n) is 9.09. The third-order valence-electron chi connectivity index (χ3n) is 4.18. The lowest BCUT2D eigenvalue weighted by Gasteiger charge is -2.35. The Morgan fingerprint density at radius 3 is 2.00 bits per heavy atom. The number of esters is 1. The van der Waals surface area contributed by atoms with Gasteiger partial charge in [-0.2, -0.15) is 0 Å². The van der Waals surface area contributed by atoms with E-state index >= 15 is 0 Å². The highest BCUT2D eigenvalue weighted by Gasteiger charge is 2.39. The molecule has 156 valence electrons. The van der Waals surface area contributed by atoms with Gasteiger partial charge in [-0.1, -0.05) is 52.4 Å². The van der Waals surface area contributed by atoms with Gasteiger partial charge in [0.1, 0.15) is 11.6 Å². The molecule has 10 heteroatoms. The molecule has 6 N–H and O–H groups in total. The van der Waals surface area contributed by atoms with Crippen molar-refractivity contribution in [3.63, 3.8) is 0 Å². The second-order valence-electron chi connectivity index (χ2n) is 6.52. The molecule has 0 aromatic heterocycles. The molecule has 26 heavy (non-hydrogen) atoms. The van der Waals surface area contributed by atoms with Gasteiger partial charge in [0.2, 0.25) is 0 Å². The number of carbonyl (C=O) groups is 1. The number of carbonyl (C=O) groups excluding carboxylic acids is 1. The van der Waals surface area contributed by atoms with Crippen LogP contribution in [0.4, 0.5) is 0 Å². The summed E-state index contributed by atoms with van der Waals surface area (Å²) in [5.74, 6) is -0.998. The summed E-state index contributed by atoms with van der Waals surface area (Å²) in [5, 5.41) is 20.6. The molecular weight excluding hydrogens is 365 g/mol. The fraction of sp³-hybridized carbons (Fsp3) is 0.938. The molecule has 0 bridgehead atoms. The number of nitrogens with two attached hydrogens (primary N) is 1. The number of unbranched alkanes of at least 4 members (excludes halogenated alkanes) is 4. The van der Waals surface area contributed by atoms with E-state index in [9.17, 15) is 19.6 Å². The van der Waals surface area contributed by atoms with Gasteiger partial charge in [0.05, 0.1) is 13.2 Å². The summed E-state index contributed by atoms with van der Waals surface area (Å²) in [7, 11) is -4.76. The quantitative estimate of drug-likeness (QED) is 0.155. The van der Waals surface area contributed by atoms with Crippen molar-refractivity contribution in [2.45, 2.75) is 83.0 Å². The van der Waals surface area contributed by atoms with Crippen LogP contribution in [0, 0.1) is 0 Å². The van der Waals surface area contributed by atoms with Gasteiger partial charge < -0.3 is 30.5 Å². The van der Waals surface area contributed by atoms with Crippen LogP contribution in [-0.4, -0.2) is 56.9 Å². The standard InChI is InChI=1S/C16H34NO8P/c1-3-5-7-9-16(20,10-8-6-4-2)14(11-18)25-15(19)13(17)12-24-26(21,22)23/h13-14,18,20H,3-12,17H2,1-2H3,(H2,21,22,23)/t13-,14-/m0/s1. The molecule has 0 aromatic carbocycles. The first-order valence-corrected chi connectivity index (χ1v) is 10.6. The Morgan fingerprint density at radius 1 is 1.12 bits per heavy atom. The Kier molecular flexibility index (Phi) is 12.5. The molecule has 0 spiro atoms. The van der Waals surface area contributed by atoms with Gasteiger partial charge in [0, 0.05) is 0 Å². The smallest absolute Gasteiger partial charge is 0.456 e. The summed E-state index contributed by atoms with van der Waals surface area (Å²) < 4.78 is 20.0. The van der Waals surface area contributed by atoms with Gasteiger partial charge in [-0.3, -0.25) is 9.32 Å². The molecule has 0 amide bonds. The molecule has 0 aliphatic rings. The number of hydrogen-bond donors (Lipinski definition) is 5. The Hall–Kier alpha value is -0.540. The zero-order valence-electron chi connectivity index (χ0n) is 15.7. The zero-order chi connectivity index (χ0) is 20.2. The van der Waals surface area contributed by atoms with E-state index in [1.807, 2.05) is 13.8 Å². The van der Waals surface area contributed by atoms with Crippen molar-refractivity contribution < 1.29 is 38.6 Å². The SMILES string of the molecule is CCCCCC(O)(CCCCC)[C@H](CO)OC(=O)[C@@H](N)COP(=O)(O)O. The number of hydrogen-bond acceptors (Lipinski definition) is 7. The number of aliphatic hydroxyl groups excluding tert-OH is 1. The van der Waals surface area contributed by atoms with E-state index in [-0.39, 0.29) is 0 Å². The van der Waals surface area contributed by atoms with Crippen LogP contribution < -0.4 is 5.73 Å². The summed E-state index contributed by atoms with van der Waals surface area (Å²) in [6.45, 7) is 2.75. The highest BCUT2D eigenvalue weighted by Crippen LogP contribution is 2.35. The minimum Gasteiger partial charge on any atom is -0.456 e. The van der Waals surface area contributed by atoms with Crippen molar-refractivity contribution >= 4 is 13.8 Å². The molecule has 0 unspecified atom stereocenters. The van der Waals surface area contributed by atoms with Crippen LogP contribution in [-0.2, 0) is 18.6 Å². The summed E-state index contributed by atoms with van der Waals surface area (Å²) in [6, 6.07) is -1.44. The monoisotopic (exact) mass is 399 g/mol. The third-order valence-corrected chi connectivity index (χ3v) is 4.66. The highest BCUT2D eigenvalue weighted by atomic mass is 31.2. The van der Waals surface area contributed by atoms with Gasteiger partial charge in [-0.25, -0.2) is 4.57 Å². The van der Waals surface area contributed by atoms with Gasteiger partial charge in [-0.05, 0) is 12.8 Å². The first-order chi connectivity index (χ1) is 12.1. The van der Waals surface area contributed by atoms with Gasteiger partial charge in [0.25, 0.3) is 0 Å². The molecule has 0 rings (SSSR count). The summed E-state index contributed by atoms with van der Waals surface area (Å²) in [4.78, 5) is 29.3. The number of phosphoric ester groups is 1. The van der Waals surface area contributed by atoms with Gasteiger partial charge in [0.15, 0.2) is 6.10 Å². The van der Waals surface area contributed by atoms with Crippen molar-refractivity contribution in [1.29, 1.82) is 0 Å². The van der Waals surface area contributed by atoms with Gasteiger partial charge >= 0.3 is 13.8 Å². The van der Waals surface area contributed by atoms with Crippen molar-refractivity contribution in [1.82, 2.24) is 0 Å². The maximum atomic E-state index is 12.0. The zero-order valence-corrected chi connectivity index (χ0v) is 16.6. The van der Waals surface area contributed by atoms with Crippen LogP contribution in [0.2, 0.25) is 0 Å². The van der Waals surface area contributed by atoms with E-state index in [2.05, 4.69) is 4.52 Å². The summed E-state index contributed by atoms with van der Waals surface area (Å²) >= 11 is 0. The Morgan fingerprint density at radius 2 is 1.62 bits per heavy atom. The maximum absolute atomic E-state index is 12.0. The minimum atomic E-state index is -4.76. The molecule has 0 radical (unpaired) electrons. The molecule has 0 aliphatic heterocycles. The molecule has 0 saturated carbocycles. The van der Waals surface area contributed by atoms with E-state index in [4.69, 9.17) is 20.3 Å². The highest BCUT2D eigenvalue weighted by molar-refractivity contribution is 7.46. The molecule has 9 nitrogen and oxygen atoms in total. The fourth-order valence-corrected chi connectivity index (χ4v) is 2.95. The topological polar surface area (TPSA) is 160 Å². The van der Waals surface area contributed by atoms with Gasteiger partial charge in [-0.15, -0.1) is 0 Å². The number of phosphoric acid groups is 1. The van der Waals surface area contributed by atoms with Crippen molar-refractivity contribution in [3.8, 4) is 0 Å². The molecular formula is C16H34NO8P. The second-order valence-corrected chi connectivity index (χ2v) is 7.76. The normalized spacial score (nSPS) is 14.9. The lowest BCUT2D eigenvalue weighted by Crippen LogP contribution is -2.50. The summed E-state index contributed by atoms with van der Waals surface area (Å²) in [6.07, 6.45) is 4.74. The fourth-order valence-electron chi connectivity index (χ4n) is 2.60. The van der Waals surface area contributed by atoms with Crippen LogP contribution in [0.1, 0.15) is 65.2 Å². The van der Waals surface area contributed by atoms with Crippen molar-refractivity contribution in [3.05, 3.63) is 0 Å². The predicted octanol–water partition coefficient (Wildman–Crippen LogP) is 1.22. The lowest BCUT2D eigenvalue weighted by molar-refractivity contribution is -0.175. The van der Waals surface area contributed by atoms with Crippen LogP contribution in [0.5, 0.6) is 0 Å². The number of ether oxygens (including phenoxy) is 1. The summed E-state index contributed by atoms with van der Waals surface area (Å²) in [5.41, 5.74) is 4.13. The Bertz CT molecular complexity index is 432. The van der Waals surface area contributed by atoms with Crippen LogP contribution >= 0.6 is 7.82 Å². The third kappa shape index (κ3) is 10.6. The molecule has 0 aliphatic carbocycles.